The second kappa shape index (κ2) is 8.50. The number of ether oxygens (including phenoxy) is 1. The van der Waals surface area contributed by atoms with Crippen molar-refractivity contribution in [3.8, 4) is 17.0 Å². The molecule has 0 radical (unpaired) electrons. The summed E-state index contributed by atoms with van der Waals surface area (Å²) >= 11 is 9.09. The smallest absolute Gasteiger partial charge is 0.262 e. The molecule has 9 heteroatoms. The van der Waals surface area contributed by atoms with Gasteiger partial charge in [0, 0.05) is 21.5 Å². The summed E-state index contributed by atoms with van der Waals surface area (Å²) in [6.07, 6.45) is 1.80. The van der Waals surface area contributed by atoms with Gasteiger partial charge in [-0.3, -0.25) is 4.79 Å². The molecule has 3 heterocycles. The van der Waals surface area contributed by atoms with Crippen LogP contribution in [0.2, 0.25) is 5.02 Å². The van der Waals surface area contributed by atoms with Gasteiger partial charge < -0.3 is 10.1 Å². The molecule has 1 aliphatic heterocycles. The van der Waals surface area contributed by atoms with Gasteiger partial charge in [-0.05, 0) is 59.3 Å². The van der Waals surface area contributed by atoms with E-state index in [1.165, 1.54) is 11.3 Å². The fraction of sp³-hybridized carbons (Fsp3) is 0.0455. The number of hydrogen-bond donors (Lipinski definition) is 1. The van der Waals surface area contributed by atoms with Crippen LogP contribution in [0, 0.1) is 0 Å². The van der Waals surface area contributed by atoms with Crippen molar-refractivity contribution < 1.29 is 9.53 Å². The summed E-state index contributed by atoms with van der Waals surface area (Å²) in [6.45, 7) is 0.0276. The van der Waals surface area contributed by atoms with Crippen molar-refractivity contribution in [2.24, 2.45) is 10.1 Å². The zero-order valence-corrected chi connectivity index (χ0v) is 18.4. The lowest BCUT2D eigenvalue weighted by atomic mass is 10.1. The standard InChI is InChI=1S/C22H15ClN4O2S2/c23-16-2-4-17(5-3-16)25-22-27(24-10-14-7-8-30-12-14)19(13-31-22)15-1-6-20-18(9-15)26-21(28)11-29-20/h1-10,12-13H,11H2,(H,26,28). The van der Waals surface area contributed by atoms with Crippen LogP contribution in [0.15, 0.2) is 74.8 Å². The van der Waals surface area contributed by atoms with Crippen LogP contribution in [-0.4, -0.2) is 23.4 Å². The SMILES string of the molecule is O=C1COc2ccc(-c3csc(=Nc4ccc(Cl)cc4)n3N=Cc3ccsc3)cc2N1. The number of rotatable bonds is 4. The maximum atomic E-state index is 11.7. The Morgan fingerprint density at radius 3 is 2.81 bits per heavy atom. The van der Waals surface area contributed by atoms with Gasteiger partial charge in [-0.2, -0.15) is 16.4 Å². The van der Waals surface area contributed by atoms with Crippen molar-refractivity contribution in [2.45, 2.75) is 0 Å². The van der Waals surface area contributed by atoms with Gasteiger partial charge in [-0.25, -0.2) is 9.67 Å². The number of halogens is 1. The average Bonchev–Trinajstić information content (AvgIpc) is 3.43. The molecule has 1 N–H and O–H groups in total. The molecule has 2 aromatic carbocycles. The van der Waals surface area contributed by atoms with Gasteiger partial charge >= 0.3 is 0 Å². The van der Waals surface area contributed by atoms with Crippen LogP contribution in [0.4, 0.5) is 11.4 Å². The molecular weight excluding hydrogens is 452 g/mol. The molecule has 0 unspecified atom stereocenters. The van der Waals surface area contributed by atoms with Gasteiger partial charge in [0.15, 0.2) is 6.61 Å². The molecule has 0 bridgehead atoms. The van der Waals surface area contributed by atoms with Crippen molar-refractivity contribution in [3.63, 3.8) is 0 Å². The van der Waals surface area contributed by atoms with Crippen molar-refractivity contribution in [3.05, 3.63) is 80.1 Å². The third kappa shape index (κ3) is 4.32. The first-order valence-electron chi connectivity index (χ1n) is 9.30. The van der Waals surface area contributed by atoms with Crippen molar-refractivity contribution in [1.82, 2.24) is 4.68 Å². The number of fused-ring (bicyclic) bond motifs is 1. The third-order valence-electron chi connectivity index (χ3n) is 4.51. The Morgan fingerprint density at radius 2 is 2.00 bits per heavy atom. The summed E-state index contributed by atoms with van der Waals surface area (Å²) in [6, 6.07) is 15.0. The first kappa shape index (κ1) is 19.7. The van der Waals surface area contributed by atoms with Gasteiger partial charge in [0.05, 0.1) is 23.3 Å². The highest BCUT2D eigenvalue weighted by molar-refractivity contribution is 7.08. The molecule has 0 atom stereocenters. The Balaban J connectivity index is 1.62. The number of hydrogen-bond acceptors (Lipinski definition) is 6. The Bertz CT molecular complexity index is 1340. The number of amides is 1. The quantitative estimate of drug-likeness (QED) is 0.410. The van der Waals surface area contributed by atoms with Gasteiger partial charge in [-0.1, -0.05) is 11.6 Å². The summed E-state index contributed by atoms with van der Waals surface area (Å²) < 4.78 is 7.27. The predicted molar refractivity (Wildman–Crippen MR) is 126 cm³/mol. The maximum absolute atomic E-state index is 11.7. The second-order valence-corrected chi connectivity index (χ2v) is 8.71. The molecule has 0 fully saturated rings. The molecule has 2 aromatic heterocycles. The minimum Gasteiger partial charge on any atom is -0.482 e. The predicted octanol–water partition coefficient (Wildman–Crippen LogP) is 5.38. The molecule has 154 valence electrons. The number of thiazole rings is 1. The maximum Gasteiger partial charge on any atom is 0.262 e. The molecule has 0 aliphatic carbocycles. The first-order valence-corrected chi connectivity index (χ1v) is 11.5. The van der Waals surface area contributed by atoms with Gasteiger partial charge in [0.2, 0.25) is 4.80 Å². The molecular formula is C22H15ClN4O2S2. The Labute approximate surface area is 190 Å². The summed E-state index contributed by atoms with van der Waals surface area (Å²) in [7, 11) is 0. The third-order valence-corrected chi connectivity index (χ3v) is 6.28. The molecule has 6 nitrogen and oxygen atoms in total. The monoisotopic (exact) mass is 466 g/mol. The van der Waals surface area contributed by atoms with Crippen LogP contribution in [0.1, 0.15) is 5.56 Å². The lowest BCUT2D eigenvalue weighted by Gasteiger charge is -2.18. The number of carbonyl (C=O) groups is 1. The van der Waals surface area contributed by atoms with Crippen LogP contribution in [0.5, 0.6) is 5.75 Å². The Kier molecular flexibility index (Phi) is 5.42. The largest absolute Gasteiger partial charge is 0.482 e. The number of thiophene rings is 1. The summed E-state index contributed by atoms with van der Waals surface area (Å²) in [5, 5.41) is 14.2. The fourth-order valence-electron chi connectivity index (χ4n) is 3.03. The minimum absolute atomic E-state index is 0.0276. The number of nitrogens with one attached hydrogen (secondary N) is 1. The van der Waals surface area contributed by atoms with Crippen LogP contribution >= 0.6 is 34.3 Å². The van der Waals surface area contributed by atoms with Crippen LogP contribution in [0.3, 0.4) is 0 Å². The van der Waals surface area contributed by atoms with E-state index in [1.54, 1.807) is 34.4 Å². The Morgan fingerprint density at radius 1 is 1.13 bits per heavy atom. The minimum atomic E-state index is -0.170. The van der Waals surface area contributed by atoms with Gasteiger partial charge in [-0.15, -0.1) is 11.3 Å². The number of nitrogens with zero attached hydrogens (tertiary/aromatic N) is 3. The van der Waals surface area contributed by atoms with Crippen LogP contribution < -0.4 is 14.9 Å². The number of aromatic nitrogens is 1. The number of benzene rings is 2. The second-order valence-electron chi connectivity index (χ2n) is 6.65. The topological polar surface area (TPSA) is 68.0 Å². The lowest BCUT2D eigenvalue weighted by molar-refractivity contribution is -0.118. The highest BCUT2D eigenvalue weighted by Crippen LogP contribution is 2.33. The summed E-state index contributed by atoms with van der Waals surface area (Å²) in [5.74, 6) is 0.481. The molecule has 0 saturated carbocycles. The number of anilines is 1. The molecule has 4 aromatic rings. The van der Waals surface area contributed by atoms with Gasteiger partial charge in [0.25, 0.3) is 5.91 Å². The van der Waals surface area contributed by atoms with E-state index < -0.39 is 0 Å². The Hall–Kier alpha value is -3.20. The highest BCUT2D eigenvalue weighted by atomic mass is 35.5. The molecule has 0 spiro atoms. The van der Waals surface area contributed by atoms with Crippen LogP contribution in [-0.2, 0) is 4.79 Å². The summed E-state index contributed by atoms with van der Waals surface area (Å²) in [4.78, 5) is 17.2. The molecule has 5 rings (SSSR count). The number of carbonyl (C=O) groups excluding carboxylic acids is 1. The first-order chi connectivity index (χ1) is 15.2. The van der Waals surface area contributed by atoms with E-state index in [9.17, 15) is 4.79 Å². The van der Waals surface area contributed by atoms with E-state index in [0.29, 0.717) is 21.3 Å². The van der Waals surface area contributed by atoms with Crippen molar-refractivity contribution >= 4 is 57.8 Å². The zero-order chi connectivity index (χ0) is 21.2. The van der Waals surface area contributed by atoms with E-state index in [2.05, 4.69) is 5.32 Å². The normalized spacial score (nSPS) is 13.8. The van der Waals surface area contributed by atoms with Crippen molar-refractivity contribution in [1.29, 1.82) is 0 Å². The van der Waals surface area contributed by atoms with Crippen molar-refractivity contribution in [2.75, 3.05) is 11.9 Å². The van der Waals surface area contributed by atoms with E-state index in [1.807, 2.05) is 52.5 Å². The van der Waals surface area contributed by atoms with E-state index >= 15 is 0 Å². The summed E-state index contributed by atoms with van der Waals surface area (Å²) in [5.41, 5.74) is 4.18. The van der Waals surface area contributed by atoms with Gasteiger partial charge in [0.1, 0.15) is 5.75 Å². The molecule has 1 aliphatic rings. The van der Waals surface area contributed by atoms with E-state index in [-0.39, 0.29) is 12.5 Å². The lowest BCUT2D eigenvalue weighted by Crippen LogP contribution is -2.25. The van der Waals surface area contributed by atoms with Crippen LogP contribution in [0.25, 0.3) is 11.3 Å². The van der Waals surface area contributed by atoms with E-state index in [0.717, 1.165) is 22.5 Å². The highest BCUT2D eigenvalue weighted by Gasteiger charge is 2.17. The molecule has 0 saturated heterocycles. The fourth-order valence-corrected chi connectivity index (χ4v) is 4.62. The molecule has 31 heavy (non-hydrogen) atoms. The molecule has 1 amide bonds. The zero-order valence-electron chi connectivity index (χ0n) is 16.0. The average molecular weight is 467 g/mol. The van der Waals surface area contributed by atoms with E-state index in [4.69, 9.17) is 26.4 Å².